The van der Waals surface area contributed by atoms with Crippen LogP contribution in [0.3, 0.4) is 0 Å². The van der Waals surface area contributed by atoms with Gasteiger partial charge in [0, 0.05) is 16.1 Å². The molecule has 3 aromatic rings. The highest BCUT2D eigenvalue weighted by atomic mass is 35.5. The number of aryl methyl sites for hydroxylation is 1. The molecular weight excluding hydrogens is 560 g/mol. The predicted molar refractivity (Wildman–Crippen MR) is 151 cm³/mol. The van der Waals surface area contributed by atoms with E-state index in [1.165, 1.54) is 44.2 Å². The Kier molecular flexibility index (Phi) is 9.06. The molecule has 0 fully saturated rings. The third kappa shape index (κ3) is 5.80. The second kappa shape index (κ2) is 12.5. The third-order valence-electron chi connectivity index (χ3n) is 6.66. The lowest BCUT2D eigenvalue weighted by Crippen LogP contribution is -2.29. The van der Waals surface area contributed by atoms with Gasteiger partial charge in [-0.15, -0.1) is 21.9 Å². The summed E-state index contributed by atoms with van der Waals surface area (Å²) in [6, 6.07) is 10.9. The molecule has 0 aromatic heterocycles. The lowest BCUT2D eigenvalue weighted by molar-refractivity contribution is -0.763. The van der Waals surface area contributed by atoms with Crippen molar-refractivity contribution in [1.29, 1.82) is 0 Å². The van der Waals surface area contributed by atoms with Gasteiger partial charge >= 0.3 is 0 Å². The summed E-state index contributed by atoms with van der Waals surface area (Å²) in [6.07, 6.45) is 2.82. The number of rotatable bonds is 9. The monoisotopic (exact) mass is 586 g/mol. The van der Waals surface area contributed by atoms with Crippen molar-refractivity contribution < 1.29 is 28.9 Å². The summed E-state index contributed by atoms with van der Waals surface area (Å²) in [5.41, 5.74) is 3.34. The van der Waals surface area contributed by atoms with E-state index in [-0.39, 0.29) is 16.0 Å². The Balaban J connectivity index is 1.84. The number of ether oxygens (including phenoxy) is 3. The van der Waals surface area contributed by atoms with Crippen molar-refractivity contribution in [3.05, 3.63) is 90.1 Å². The lowest BCUT2D eigenvalue weighted by Gasteiger charge is -2.20. The van der Waals surface area contributed by atoms with Crippen LogP contribution in [0, 0.1) is 10.1 Å². The number of hydrogen-bond donors (Lipinski definition) is 1. The molecule has 0 radical (unpaired) electrons. The van der Waals surface area contributed by atoms with Crippen molar-refractivity contribution in [2.24, 2.45) is 0 Å². The van der Waals surface area contributed by atoms with Gasteiger partial charge in [0.05, 0.1) is 32.3 Å². The van der Waals surface area contributed by atoms with Crippen LogP contribution in [-0.2, 0) is 17.9 Å². The zero-order chi connectivity index (χ0) is 29.0. The molecule has 10 nitrogen and oxygen atoms in total. The molecule has 12 heteroatoms. The average molecular weight is 587 g/mol. The predicted octanol–water partition coefficient (Wildman–Crippen LogP) is 5.24. The van der Waals surface area contributed by atoms with Crippen LogP contribution >= 0.6 is 23.4 Å². The SMILES string of the molecule is COc1cc2c(c(OC)c1OC)-c1ccc(SC)c(=O)cc1[C@@H](NC(=O)c1ccc(Cl)c(CO[N+](=O)[O-])c1)CC2. The van der Waals surface area contributed by atoms with Crippen molar-refractivity contribution in [3.8, 4) is 28.4 Å². The average Bonchev–Trinajstić information content (AvgIpc) is 3.19. The molecule has 1 aliphatic rings. The minimum Gasteiger partial charge on any atom is -0.493 e. The van der Waals surface area contributed by atoms with Crippen LogP contribution in [0.5, 0.6) is 17.2 Å². The molecule has 0 unspecified atom stereocenters. The van der Waals surface area contributed by atoms with Gasteiger partial charge < -0.3 is 24.4 Å². The molecule has 1 aliphatic carbocycles. The molecule has 1 atom stereocenters. The quantitative estimate of drug-likeness (QED) is 0.203. The van der Waals surface area contributed by atoms with Gasteiger partial charge in [0.1, 0.15) is 6.61 Å². The second-order valence-corrected chi connectivity index (χ2v) is 10.1. The van der Waals surface area contributed by atoms with Crippen molar-refractivity contribution >= 4 is 29.3 Å². The number of fused-ring (bicyclic) bond motifs is 3. The maximum absolute atomic E-state index is 13.4. The van der Waals surface area contributed by atoms with Crippen LogP contribution in [-0.4, -0.2) is 38.6 Å². The third-order valence-corrected chi connectivity index (χ3v) is 7.81. The summed E-state index contributed by atoms with van der Waals surface area (Å²) in [5.74, 6) is 0.943. The highest BCUT2D eigenvalue weighted by Gasteiger charge is 2.30. The van der Waals surface area contributed by atoms with E-state index in [0.717, 1.165) is 11.1 Å². The van der Waals surface area contributed by atoms with Gasteiger partial charge in [-0.3, -0.25) is 9.59 Å². The Morgan fingerprint density at radius 1 is 1.10 bits per heavy atom. The number of carbonyl (C=O) groups excluding carboxylic acids is 1. The fourth-order valence-corrected chi connectivity index (χ4v) is 5.44. The molecule has 0 heterocycles. The summed E-state index contributed by atoms with van der Waals surface area (Å²) < 4.78 is 17.0. The van der Waals surface area contributed by atoms with Gasteiger partial charge in [-0.1, -0.05) is 17.7 Å². The van der Waals surface area contributed by atoms with E-state index in [4.69, 9.17) is 25.8 Å². The normalized spacial score (nSPS) is 13.8. The first-order valence-electron chi connectivity index (χ1n) is 12.1. The van der Waals surface area contributed by atoms with Crippen LogP contribution in [0.25, 0.3) is 11.1 Å². The Morgan fingerprint density at radius 3 is 2.50 bits per heavy atom. The number of methoxy groups -OCH3 is 3. The Morgan fingerprint density at radius 2 is 1.85 bits per heavy atom. The molecule has 0 saturated carbocycles. The number of benzene rings is 2. The van der Waals surface area contributed by atoms with Crippen molar-refractivity contribution in [3.63, 3.8) is 0 Å². The fourth-order valence-electron chi connectivity index (χ4n) is 4.81. The van der Waals surface area contributed by atoms with Gasteiger partial charge in [0.2, 0.25) is 5.75 Å². The number of nitrogens with one attached hydrogen (secondary N) is 1. The topological polar surface area (TPSA) is 126 Å². The zero-order valence-corrected chi connectivity index (χ0v) is 23.8. The van der Waals surface area contributed by atoms with E-state index < -0.39 is 23.6 Å². The molecule has 0 spiro atoms. The number of thioether (sulfide) groups is 1. The van der Waals surface area contributed by atoms with Crippen LogP contribution in [0.15, 0.2) is 52.2 Å². The van der Waals surface area contributed by atoms with E-state index in [9.17, 15) is 19.7 Å². The highest BCUT2D eigenvalue weighted by molar-refractivity contribution is 7.98. The highest BCUT2D eigenvalue weighted by Crippen LogP contribution is 2.50. The Hall–Kier alpha value is -3.96. The molecule has 0 saturated heterocycles. The number of carbonyl (C=O) groups is 1. The van der Waals surface area contributed by atoms with Crippen molar-refractivity contribution in [2.45, 2.75) is 30.4 Å². The maximum atomic E-state index is 13.4. The van der Waals surface area contributed by atoms with Gasteiger partial charge in [-0.25, -0.2) is 0 Å². The van der Waals surface area contributed by atoms with Crippen LogP contribution < -0.4 is 25.0 Å². The first-order chi connectivity index (χ1) is 19.2. The van der Waals surface area contributed by atoms with E-state index in [0.29, 0.717) is 51.7 Å². The molecule has 0 aliphatic heterocycles. The smallest absolute Gasteiger partial charge is 0.294 e. The number of nitrogens with zero attached hydrogens (tertiary/aromatic N) is 1. The largest absolute Gasteiger partial charge is 0.493 e. The Bertz CT molecular complexity index is 1530. The summed E-state index contributed by atoms with van der Waals surface area (Å²) in [5, 5.41) is 13.0. The van der Waals surface area contributed by atoms with Crippen LogP contribution in [0.1, 0.15) is 39.5 Å². The zero-order valence-electron chi connectivity index (χ0n) is 22.2. The number of halogens is 1. The molecule has 210 valence electrons. The fraction of sp³-hybridized carbons (Fsp3) is 0.286. The standard InChI is InChI=1S/C28H27ClN2O8S/c1-36-23-12-15-6-9-21(30-28(33)16-5-8-20(29)17(11-16)14-39-31(34)35)19-13-22(32)24(40-4)10-7-18(19)25(15)27(38-3)26(23)37-2/h5,7-8,10-13,21H,6,9,14H2,1-4H3,(H,30,33)/t21-/m0/s1. The van der Waals surface area contributed by atoms with Gasteiger partial charge in [-0.2, -0.15) is 0 Å². The van der Waals surface area contributed by atoms with Crippen LogP contribution in [0.2, 0.25) is 5.02 Å². The van der Waals surface area contributed by atoms with Gasteiger partial charge in [0.25, 0.3) is 11.0 Å². The maximum Gasteiger partial charge on any atom is 0.294 e. The molecule has 0 bridgehead atoms. The molecule has 40 heavy (non-hydrogen) atoms. The summed E-state index contributed by atoms with van der Waals surface area (Å²) in [4.78, 5) is 42.2. The number of hydrogen-bond acceptors (Lipinski definition) is 9. The molecule has 1 N–H and O–H groups in total. The van der Waals surface area contributed by atoms with Gasteiger partial charge in [-0.05, 0) is 77.7 Å². The van der Waals surface area contributed by atoms with Crippen molar-refractivity contribution in [2.75, 3.05) is 27.6 Å². The Labute approximate surface area is 239 Å². The van der Waals surface area contributed by atoms with Gasteiger partial charge in [0.15, 0.2) is 16.9 Å². The molecular formula is C28H27ClN2O8S. The summed E-state index contributed by atoms with van der Waals surface area (Å²) in [7, 11) is 4.61. The van der Waals surface area contributed by atoms with E-state index in [1.54, 1.807) is 19.2 Å². The molecule has 1 amide bonds. The minimum atomic E-state index is -0.926. The van der Waals surface area contributed by atoms with E-state index in [2.05, 4.69) is 10.2 Å². The summed E-state index contributed by atoms with van der Waals surface area (Å²) in [6.45, 7) is -0.398. The van der Waals surface area contributed by atoms with E-state index in [1.807, 2.05) is 18.4 Å². The van der Waals surface area contributed by atoms with Crippen molar-refractivity contribution in [1.82, 2.24) is 5.32 Å². The summed E-state index contributed by atoms with van der Waals surface area (Å²) >= 11 is 7.48. The number of amides is 1. The minimum absolute atomic E-state index is 0.179. The van der Waals surface area contributed by atoms with Crippen LogP contribution in [0.4, 0.5) is 0 Å². The first-order valence-corrected chi connectivity index (χ1v) is 13.7. The first kappa shape index (κ1) is 29.0. The second-order valence-electron chi connectivity index (χ2n) is 8.83. The van der Waals surface area contributed by atoms with E-state index >= 15 is 0 Å². The molecule has 3 aromatic carbocycles. The molecule has 4 rings (SSSR count). The lowest BCUT2D eigenvalue weighted by atomic mass is 9.95.